The smallest absolute Gasteiger partial charge is 0.0707 e. The number of hydrogen-bond acceptors (Lipinski definition) is 2. The van der Waals surface area contributed by atoms with Crippen molar-refractivity contribution in [3.8, 4) is 0 Å². The van der Waals surface area contributed by atoms with E-state index in [-0.39, 0.29) is 0 Å². The van der Waals surface area contributed by atoms with E-state index in [0.717, 1.165) is 13.1 Å². The Balaban J connectivity index is 0. The molecule has 1 unspecified atom stereocenters. The Morgan fingerprint density at radius 2 is 1.73 bits per heavy atom. The summed E-state index contributed by atoms with van der Waals surface area (Å²) in [5.41, 5.74) is 0. The predicted octanol–water partition coefficient (Wildman–Crippen LogP) is 2.05. The molecule has 0 aromatic heterocycles. The van der Waals surface area contributed by atoms with Gasteiger partial charge < -0.3 is 10.1 Å². The number of methoxy groups -OCH3 is 1. The van der Waals surface area contributed by atoms with Gasteiger partial charge in [0.1, 0.15) is 0 Å². The molecule has 2 heteroatoms. The molecule has 1 rings (SSSR count). The number of hydrogen-bond donors (Lipinski definition) is 1. The van der Waals surface area contributed by atoms with Crippen LogP contribution in [-0.4, -0.2) is 26.3 Å². The minimum Gasteiger partial charge on any atom is -0.380 e. The fourth-order valence-corrected chi connectivity index (χ4v) is 0.829. The Morgan fingerprint density at radius 1 is 1.18 bits per heavy atom. The Hall–Kier alpha value is -0.0800. The van der Waals surface area contributed by atoms with Crippen molar-refractivity contribution in [3.63, 3.8) is 0 Å². The second kappa shape index (κ2) is 12.6. The Kier molecular flexibility index (Phi) is 15.4. The van der Waals surface area contributed by atoms with Crippen LogP contribution in [0.5, 0.6) is 0 Å². The van der Waals surface area contributed by atoms with Crippen LogP contribution in [0.3, 0.4) is 0 Å². The van der Waals surface area contributed by atoms with Crippen LogP contribution in [-0.2, 0) is 4.74 Å². The molecule has 0 amide bonds. The Bertz CT molecular complexity index is 51.5. The second-order valence-corrected chi connectivity index (χ2v) is 1.85. The van der Waals surface area contributed by atoms with Gasteiger partial charge >= 0.3 is 0 Å². The molecule has 1 aliphatic heterocycles. The SMILES string of the molecule is CC.CC.COC1CCNC1. The molecule has 1 aliphatic rings. The van der Waals surface area contributed by atoms with E-state index in [0.29, 0.717) is 6.10 Å². The lowest BCUT2D eigenvalue weighted by Gasteiger charge is -2.01. The molecule has 11 heavy (non-hydrogen) atoms. The zero-order valence-corrected chi connectivity index (χ0v) is 8.61. The highest BCUT2D eigenvalue weighted by Gasteiger charge is 2.11. The summed E-state index contributed by atoms with van der Waals surface area (Å²) in [5, 5.41) is 3.20. The maximum absolute atomic E-state index is 5.05. The van der Waals surface area contributed by atoms with E-state index in [4.69, 9.17) is 4.74 Å². The normalized spacial score (nSPS) is 21.0. The maximum atomic E-state index is 5.05. The van der Waals surface area contributed by atoms with E-state index < -0.39 is 0 Å². The van der Waals surface area contributed by atoms with E-state index in [1.54, 1.807) is 7.11 Å². The van der Waals surface area contributed by atoms with Gasteiger partial charge in [-0.2, -0.15) is 0 Å². The summed E-state index contributed by atoms with van der Waals surface area (Å²) in [6.07, 6.45) is 1.66. The van der Waals surface area contributed by atoms with Gasteiger partial charge in [0, 0.05) is 13.7 Å². The molecule has 1 heterocycles. The molecule has 70 valence electrons. The first-order valence-corrected chi connectivity index (χ1v) is 4.67. The van der Waals surface area contributed by atoms with Gasteiger partial charge in [0.25, 0.3) is 0 Å². The minimum absolute atomic E-state index is 0.486. The van der Waals surface area contributed by atoms with Crippen LogP contribution < -0.4 is 5.32 Å². The first-order chi connectivity index (χ1) is 5.43. The molecule has 0 aromatic rings. The molecule has 1 atom stereocenters. The van der Waals surface area contributed by atoms with Crippen LogP contribution in [0, 0.1) is 0 Å². The number of rotatable bonds is 1. The maximum Gasteiger partial charge on any atom is 0.0707 e. The van der Waals surface area contributed by atoms with Crippen LogP contribution in [0.15, 0.2) is 0 Å². The second-order valence-electron chi connectivity index (χ2n) is 1.85. The lowest BCUT2D eigenvalue weighted by atomic mass is 10.3. The van der Waals surface area contributed by atoms with Gasteiger partial charge in [0.2, 0.25) is 0 Å². The number of ether oxygens (including phenoxy) is 1. The van der Waals surface area contributed by atoms with Crippen molar-refractivity contribution in [2.24, 2.45) is 0 Å². The molecule has 2 nitrogen and oxygen atoms in total. The molecule has 1 saturated heterocycles. The van der Waals surface area contributed by atoms with Crippen molar-refractivity contribution >= 4 is 0 Å². The van der Waals surface area contributed by atoms with Crippen LogP contribution in [0.2, 0.25) is 0 Å². The lowest BCUT2D eigenvalue weighted by Crippen LogP contribution is -2.14. The average molecular weight is 161 g/mol. The minimum atomic E-state index is 0.486. The van der Waals surface area contributed by atoms with Gasteiger partial charge in [-0.15, -0.1) is 0 Å². The molecular weight excluding hydrogens is 138 g/mol. The topological polar surface area (TPSA) is 21.3 Å². The van der Waals surface area contributed by atoms with Crippen LogP contribution in [0.25, 0.3) is 0 Å². The van der Waals surface area contributed by atoms with Gasteiger partial charge in [-0.3, -0.25) is 0 Å². The first kappa shape index (κ1) is 13.5. The van der Waals surface area contributed by atoms with E-state index in [9.17, 15) is 0 Å². The standard InChI is InChI=1S/C5H11NO.2C2H6/c1-7-5-2-3-6-4-5;2*1-2/h5-6H,2-4H2,1H3;2*1-2H3. The zero-order chi connectivity index (χ0) is 9.11. The van der Waals surface area contributed by atoms with Crippen molar-refractivity contribution < 1.29 is 4.74 Å². The molecule has 0 saturated carbocycles. The van der Waals surface area contributed by atoms with Crippen LogP contribution in [0.1, 0.15) is 34.1 Å². The van der Waals surface area contributed by atoms with Crippen molar-refractivity contribution in [1.82, 2.24) is 5.32 Å². The third-order valence-corrected chi connectivity index (χ3v) is 1.35. The number of nitrogens with one attached hydrogen (secondary N) is 1. The van der Waals surface area contributed by atoms with Gasteiger partial charge in [0.15, 0.2) is 0 Å². The van der Waals surface area contributed by atoms with Crippen molar-refractivity contribution in [3.05, 3.63) is 0 Å². The zero-order valence-electron chi connectivity index (χ0n) is 8.61. The summed E-state index contributed by atoms with van der Waals surface area (Å²) < 4.78 is 5.05. The van der Waals surface area contributed by atoms with Gasteiger partial charge in [0.05, 0.1) is 6.10 Å². The molecule has 0 spiro atoms. The Morgan fingerprint density at radius 3 is 1.91 bits per heavy atom. The van der Waals surface area contributed by atoms with Gasteiger partial charge in [-0.05, 0) is 13.0 Å². The monoisotopic (exact) mass is 161 g/mol. The Labute approximate surface area is 71.3 Å². The van der Waals surface area contributed by atoms with E-state index in [1.807, 2.05) is 27.7 Å². The predicted molar refractivity (Wildman–Crippen MR) is 51.0 cm³/mol. The highest BCUT2D eigenvalue weighted by molar-refractivity contribution is 4.69. The summed E-state index contributed by atoms with van der Waals surface area (Å²) in [4.78, 5) is 0. The van der Waals surface area contributed by atoms with Gasteiger partial charge in [-0.25, -0.2) is 0 Å². The highest BCUT2D eigenvalue weighted by atomic mass is 16.5. The highest BCUT2D eigenvalue weighted by Crippen LogP contribution is 1.99. The average Bonchev–Trinajstić information content (AvgIpc) is 2.63. The van der Waals surface area contributed by atoms with Gasteiger partial charge in [-0.1, -0.05) is 27.7 Å². The molecular formula is C9H23NO. The first-order valence-electron chi connectivity index (χ1n) is 4.67. The fraction of sp³-hybridized carbons (Fsp3) is 1.00. The van der Waals surface area contributed by atoms with Crippen LogP contribution >= 0.6 is 0 Å². The summed E-state index contributed by atoms with van der Waals surface area (Å²) in [6.45, 7) is 10.2. The molecule has 1 fully saturated rings. The van der Waals surface area contributed by atoms with Crippen molar-refractivity contribution in [2.45, 2.75) is 40.2 Å². The molecule has 0 radical (unpaired) electrons. The quantitative estimate of drug-likeness (QED) is 0.635. The third kappa shape index (κ3) is 7.82. The fourth-order valence-electron chi connectivity index (χ4n) is 0.829. The van der Waals surface area contributed by atoms with Crippen molar-refractivity contribution in [2.75, 3.05) is 20.2 Å². The summed E-state index contributed by atoms with van der Waals surface area (Å²) in [7, 11) is 1.76. The lowest BCUT2D eigenvalue weighted by molar-refractivity contribution is 0.119. The summed E-state index contributed by atoms with van der Waals surface area (Å²) in [5.74, 6) is 0. The summed E-state index contributed by atoms with van der Waals surface area (Å²) >= 11 is 0. The third-order valence-electron chi connectivity index (χ3n) is 1.35. The molecule has 0 aliphatic carbocycles. The summed E-state index contributed by atoms with van der Waals surface area (Å²) in [6, 6.07) is 0. The largest absolute Gasteiger partial charge is 0.380 e. The molecule has 0 bridgehead atoms. The molecule has 1 N–H and O–H groups in total. The van der Waals surface area contributed by atoms with Crippen molar-refractivity contribution in [1.29, 1.82) is 0 Å². The van der Waals surface area contributed by atoms with E-state index in [1.165, 1.54) is 6.42 Å². The van der Waals surface area contributed by atoms with E-state index >= 15 is 0 Å². The van der Waals surface area contributed by atoms with Crippen LogP contribution in [0.4, 0.5) is 0 Å². The molecule has 0 aromatic carbocycles. The van der Waals surface area contributed by atoms with E-state index in [2.05, 4.69) is 5.32 Å².